The Kier molecular flexibility index (Phi) is 4.79. The molecule has 3 rings (SSSR count). The first-order valence-electron chi connectivity index (χ1n) is 8.98. The molecule has 2 aliphatic heterocycles. The van der Waals surface area contributed by atoms with Crippen LogP contribution in [-0.4, -0.2) is 37.0 Å². The average Bonchev–Trinajstić information content (AvgIpc) is 2.56. The summed E-state index contributed by atoms with van der Waals surface area (Å²) < 4.78 is 0. The molecular formula is C19H29N3O. The molecule has 0 radical (unpaired) electrons. The highest BCUT2D eigenvalue weighted by Crippen LogP contribution is 2.30. The van der Waals surface area contributed by atoms with Crippen molar-refractivity contribution in [3.8, 4) is 0 Å². The molecule has 2 saturated heterocycles. The molecule has 0 saturated carbocycles. The minimum Gasteiger partial charge on any atom is -0.399 e. The van der Waals surface area contributed by atoms with Crippen LogP contribution in [0.4, 0.5) is 11.4 Å². The SMILES string of the molecule is CC1CCN(C(=O)c2cc(N)ccc2N2CCC(C)CC2)CC1. The number of nitrogens with zero attached hydrogens (tertiary/aromatic N) is 2. The first kappa shape index (κ1) is 16.2. The maximum Gasteiger partial charge on any atom is 0.256 e. The van der Waals surface area contributed by atoms with Crippen molar-refractivity contribution in [2.24, 2.45) is 11.8 Å². The van der Waals surface area contributed by atoms with E-state index < -0.39 is 0 Å². The smallest absolute Gasteiger partial charge is 0.256 e. The molecule has 126 valence electrons. The van der Waals surface area contributed by atoms with Crippen LogP contribution >= 0.6 is 0 Å². The zero-order valence-electron chi connectivity index (χ0n) is 14.4. The third kappa shape index (κ3) is 3.62. The van der Waals surface area contributed by atoms with E-state index >= 15 is 0 Å². The van der Waals surface area contributed by atoms with Gasteiger partial charge in [0.1, 0.15) is 0 Å². The van der Waals surface area contributed by atoms with Gasteiger partial charge in [-0.15, -0.1) is 0 Å². The number of amides is 1. The summed E-state index contributed by atoms with van der Waals surface area (Å²) in [5.41, 5.74) is 8.50. The molecule has 0 aromatic heterocycles. The van der Waals surface area contributed by atoms with Crippen molar-refractivity contribution in [2.75, 3.05) is 36.8 Å². The fraction of sp³-hybridized carbons (Fsp3) is 0.632. The Balaban J connectivity index is 1.82. The van der Waals surface area contributed by atoms with E-state index in [0.717, 1.165) is 62.1 Å². The number of anilines is 2. The molecule has 4 heteroatoms. The Labute approximate surface area is 139 Å². The van der Waals surface area contributed by atoms with E-state index in [1.807, 2.05) is 23.1 Å². The third-order valence-electron chi connectivity index (χ3n) is 5.45. The molecule has 0 unspecified atom stereocenters. The summed E-state index contributed by atoms with van der Waals surface area (Å²) in [6, 6.07) is 5.82. The quantitative estimate of drug-likeness (QED) is 0.851. The summed E-state index contributed by atoms with van der Waals surface area (Å²) in [5, 5.41) is 0. The average molecular weight is 315 g/mol. The largest absolute Gasteiger partial charge is 0.399 e. The van der Waals surface area contributed by atoms with E-state index in [2.05, 4.69) is 18.7 Å². The van der Waals surface area contributed by atoms with Gasteiger partial charge in [0.15, 0.2) is 0 Å². The number of rotatable bonds is 2. The summed E-state index contributed by atoms with van der Waals surface area (Å²) >= 11 is 0. The van der Waals surface area contributed by atoms with Crippen molar-refractivity contribution < 1.29 is 4.79 Å². The van der Waals surface area contributed by atoms with Crippen molar-refractivity contribution in [1.82, 2.24) is 4.90 Å². The molecule has 0 aliphatic carbocycles. The second-order valence-electron chi connectivity index (χ2n) is 7.42. The molecule has 1 aromatic carbocycles. The van der Waals surface area contributed by atoms with Crippen molar-refractivity contribution in [1.29, 1.82) is 0 Å². The van der Waals surface area contributed by atoms with E-state index in [1.165, 1.54) is 12.8 Å². The standard InChI is InChI=1S/C19H29N3O/c1-14-5-9-21(10-6-14)18-4-3-16(20)13-17(18)19(23)22-11-7-15(2)8-12-22/h3-4,13-15H,5-12,20H2,1-2H3. The van der Waals surface area contributed by atoms with E-state index in [-0.39, 0.29) is 5.91 Å². The van der Waals surface area contributed by atoms with Crippen LogP contribution in [0.1, 0.15) is 49.9 Å². The second-order valence-corrected chi connectivity index (χ2v) is 7.42. The van der Waals surface area contributed by atoms with Gasteiger partial charge in [-0.2, -0.15) is 0 Å². The number of piperidine rings is 2. The normalized spacial score (nSPS) is 20.8. The van der Waals surface area contributed by atoms with Gasteiger partial charge in [0.05, 0.1) is 5.56 Å². The molecule has 0 spiro atoms. The van der Waals surface area contributed by atoms with Gasteiger partial charge in [-0.25, -0.2) is 0 Å². The molecule has 2 N–H and O–H groups in total. The van der Waals surface area contributed by atoms with Crippen molar-refractivity contribution in [3.05, 3.63) is 23.8 Å². The second kappa shape index (κ2) is 6.81. The number of benzene rings is 1. The van der Waals surface area contributed by atoms with E-state index in [1.54, 1.807) is 0 Å². The van der Waals surface area contributed by atoms with Crippen LogP contribution in [0, 0.1) is 11.8 Å². The molecule has 1 aromatic rings. The Bertz CT molecular complexity index is 556. The fourth-order valence-electron chi connectivity index (χ4n) is 3.63. The summed E-state index contributed by atoms with van der Waals surface area (Å²) in [7, 11) is 0. The van der Waals surface area contributed by atoms with Gasteiger partial charge in [0.25, 0.3) is 5.91 Å². The van der Waals surface area contributed by atoms with Crippen LogP contribution in [0.5, 0.6) is 0 Å². The molecule has 2 heterocycles. The number of hydrogen-bond donors (Lipinski definition) is 1. The van der Waals surface area contributed by atoms with Crippen LogP contribution in [0.2, 0.25) is 0 Å². The highest BCUT2D eigenvalue weighted by atomic mass is 16.2. The number of nitrogen functional groups attached to an aromatic ring is 1. The lowest BCUT2D eigenvalue weighted by atomic mass is 9.96. The van der Waals surface area contributed by atoms with Crippen molar-refractivity contribution in [2.45, 2.75) is 39.5 Å². The highest BCUT2D eigenvalue weighted by molar-refractivity contribution is 6.00. The third-order valence-corrected chi connectivity index (χ3v) is 5.45. The Morgan fingerprint density at radius 2 is 1.57 bits per heavy atom. The number of nitrogens with two attached hydrogens (primary N) is 1. The summed E-state index contributed by atoms with van der Waals surface area (Å²) in [4.78, 5) is 17.4. The van der Waals surface area contributed by atoms with Gasteiger partial charge in [-0.05, 0) is 55.7 Å². The molecule has 23 heavy (non-hydrogen) atoms. The van der Waals surface area contributed by atoms with Crippen LogP contribution < -0.4 is 10.6 Å². The van der Waals surface area contributed by atoms with Crippen LogP contribution in [0.25, 0.3) is 0 Å². The lowest BCUT2D eigenvalue weighted by Gasteiger charge is -2.35. The van der Waals surface area contributed by atoms with Gasteiger partial charge in [-0.1, -0.05) is 13.8 Å². The van der Waals surface area contributed by atoms with Gasteiger partial charge < -0.3 is 15.5 Å². The first-order valence-corrected chi connectivity index (χ1v) is 8.98. The fourth-order valence-corrected chi connectivity index (χ4v) is 3.63. The van der Waals surface area contributed by atoms with E-state index in [9.17, 15) is 4.79 Å². The van der Waals surface area contributed by atoms with Crippen LogP contribution in [-0.2, 0) is 0 Å². The molecular weight excluding hydrogens is 286 g/mol. The molecule has 1 amide bonds. The van der Waals surface area contributed by atoms with Crippen molar-refractivity contribution in [3.63, 3.8) is 0 Å². The molecule has 0 atom stereocenters. The topological polar surface area (TPSA) is 49.6 Å². The van der Waals surface area contributed by atoms with Crippen LogP contribution in [0.15, 0.2) is 18.2 Å². The van der Waals surface area contributed by atoms with Gasteiger partial charge in [0, 0.05) is 37.6 Å². The monoisotopic (exact) mass is 315 g/mol. The minimum atomic E-state index is 0.151. The van der Waals surface area contributed by atoms with Gasteiger partial charge >= 0.3 is 0 Å². The maximum atomic E-state index is 13.0. The molecule has 4 nitrogen and oxygen atoms in total. The zero-order chi connectivity index (χ0) is 16.4. The lowest BCUT2D eigenvalue weighted by molar-refractivity contribution is 0.0698. The number of hydrogen-bond acceptors (Lipinski definition) is 3. The molecule has 2 fully saturated rings. The number of carbonyl (C=O) groups is 1. The maximum absolute atomic E-state index is 13.0. The van der Waals surface area contributed by atoms with E-state index in [0.29, 0.717) is 5.69 Å². The number of carbonyl (C=O) groups excluding carboxylic acids is 1. The van der Waals surface area contributed by atoms with Crippen molar-refractivity contribution >= 4 is 17.3 Å². The number of likely N-dealkylation sites (tertiary alicyclic amines) is 1. The first-order chi connectivity index (χ1) is 11.0. The summed E-state index contributed by atoms with van der Waals surface area (Å²) in [5.74, 6) is 1.66. The summed E-state index contributed by atoms with van der Waals surface area (Å²) in [6.07, 6.45) is 4.59. The van der Waals surface area contributed by atoms with Gasteiger partial charge in [0.2, 0.25) is 0 Å². The highest BCUT2D eigenvalue weighted by Gasteiger charge is 2.26. The Morgan fingerprint density at radius 3 is 2.17 bits per heavy atom. The predicted molar refractivity (Wildman–Crippen MR) is 95.8 cm³/mol. The predicted octanol–water partition coefficient (Wildman–Crippen LogP) is 3.38. The summed E-state index contributed by atoms with van der Waals surface area (Å²) in [6.45, 7) is 8.37. The van der Waals surface area contributed by atoms with E-state index in [4.69, 9.17) is 5.73 Å². The van der Waals surface area contributed by atoms with Crippen LogP contribution in [0.3, 0.4) is 0 Å². The molecule has 2 aliphatic rings. The molecule has 0 bridgehead atoms. The zero-order valence-corrected chi connectivity index (χ0v) is 14.4. The lowest BCUT2D eigenvalue weighted by Crippen LogP contribution is -2.40. The Hall–Kier alpha value is -1.71. The Morgan fingerprint density at radius 1 is 1.00 bits per heavy atom. The minimum absolute atomic E-state index is 0.151. The van der Waals surface area contributed by atoms with Gasteiger partial charge in [-0.3, -0.25) is 4.79 Å².